The second-order valence-electron chi connectivity index (χ2n) is 6.16. The van der Waals surface area contributed by atoms with E-state index >= 15 is 0 Å². The highest BCUT2D eigenvalue weighted by molar-refractivity contribution is 5.96. The molecular formula is C18H22N4O3. The fourth-order valence-electron chi connectivity index (χ4n) is 3.18. The van der Waals surface area contributed by atoms with E-state index in [0.717, 1.165) is 0 Å². The SMILES string of the molecule is COc1cccc(NC(=O)C2(CCO)CCN(c3ncccn3)C2)c1. The van der Waals surface area contributed by atoms with Gasteiger partial charge in [-0.15, -0.1) is 0 Å². The average molecular weight is 342 g/mol. The summed E-state index contributed by atoms with van der Waals surface area (Å²) >= 11 is 0. The van der Waals surface area contributed by atoms with Crippen molar-refractivity contribution < 1.29 is 14.6 Å². The van der Waals surface area contributed by atoms with Gasteiger partial charge in [-0.1, -0.05) is 6.07 Å². The summed E-state index contributed by atoms with van der Waals surface area (Å²) in [5.41, 5.74) is 0.00731. The molecule has 0 aliphatic carbocycles. The van der Waals surface area contributed by atoms with Crippen LogP contribution in [0, 0.1) is 5.41 Å². The number of nitrogens with one attached hydrogen (secondary N) is 1. The molecule has 0 bridgehead atoms. The van der Waals surface area contributed by atoms with Crippen molar-refractivity contribution in [2.75, 3.05) is 37.0 Å². The molecule has 2 aromatic rings. The summed E-state index contributed by atoms with van der Waals surface area (Å²) < 4.78 is 5.19. The van der Waals surface area contributed by atoms with Gasteiger partial charge in [-0.3, -0.25) is 4.79 Å². The monoisotopic (exact) mass is 342 g/mol. The third kappa shape index (κ3) is 3.71. The highest BCUT2D eigenvalue weighted by atomic mass is 16.5. The van der Waals surface area contributed by atoms with Crippen LogP contribution in [0.3, 0.4) is 0 Å². The van der Waals surface area contributed by atoms with Crippen LogP contribution >= 0.6 is 0 Å². The Morgan fingerprint density at radius 3 is 2.88 bits per heavy atom. The summed E-state index contributed by atoms with van der Waals surface area (Å²) in [4.78, 5) is 23.5. The summed E-state index contributed by atoms with van der Waals surface area (Å²) in [5.74, 6) is 1.18. The van der Waals surface area contributed by atoms with Gasteiger partial charge in [-0.05, 0) is 31.0 Å². The van der Waals surface area contributed by atoms with Crippen LogP contribution in [0.15, 0.2) is 42.7 Å². The number of hydrogen-bond donors (Lipinski definition) is 2. The smallest absolute Gasteiger partial charge is 0.232 e. The molecular weight excluding hydrogens is 320 g/mol. The number of ether oxygens (including phenoxy) is 1. The van der Waals surface area contributed by atoms with E-state index in [0.29, 0.717) is 43.3 Å². The Morgan fingerprint density at radius 2 is 2.16 bits per heavy atom. The van der Waals surface area contributed by atoms with E-state index in [4.69, 9.17) is 4.74 Å². The zero-order valence-electron chi connectivity index (χ0n) is 14.2. The lowest BCUT2D eigenvalue weighted by Crippen LogP contribution is -2.40. The Balaban J connectivity index is 1.77. The van der Waals surface area contributed by atoms with Crippen molar-refractivity contribution in [2.24, 2.45) is 5.41 Å². The number of rotatable bonds is 6. The molecule has 1 unspecified atom stereocenters. The van der Waals surface area contributed by atoms with Gasteiger partial charge < -0.3 is 20.1 Å². The lowest BCUT2D eigenvalue weighted by atomic mass is 9.82. The molecule has 1 saturated heterocycles. The van der Waals surface area contributed by atoms with Gasteiger partial charge in [0.15, 0.2) is 0 Å². The summed E-state index contributed by atoms with van der Waals surface area (Å²) in [6, 6.07) is 9.00. The maximum absolute atomic E-state index is 13.0. The molecule has 1 aromatic carbocycles. The van der Waals surface area contributed by atoms with Crippen molar-refractivity contribution in [3.05, 3.63) is 42.7 Å². The molecule has 1 aliphatic rings. The molecule has 0 spiro atoms. The lowest BCUT2D eigenvalue weighted by Gasteiger charge is -2.27. The summed E-state index contributed by atoms with van der Waals surface area (Å²) in [6.07, 6.45) is 4.41. The molecule has 1 amide bonds. The van der Waals surface area contributed by atoms with Gasteiger partial charge in [0.25, 0.3) is 0 Å². The summed E-state index contributed by atoms with van der Waals surface area (Å²) in [5, 5.41) is 12.5. The van der Waals surface area contributed by atoms with Crippen molar-refractivity contribution in [3.8, 4) is 5.75 Å². The van der Waals surface area contributed by atoms with Crippen LogP contribution in [0.4, 0.5) is 11.6 Å². The van der Waals surface area contributed by atoms with Gasteiger partial charge in [0.05, 0.1) is 12.5 Å². The predicted molar refractivity (Wildman–Crippen MR) is 94.6 cm³/mol. The first kappa shape index (κ1) is 17.2. The zero-order chi connectivity index (χ0) is 17.7. The predicted octanol–water partition coefficient (Wildman–Crippen LogP) is 1.70. The van der Waals surface area contributed by atoms with Crippen LogP contribution in [0.25, 0.3) is 0 Å². The van der Waals surface area contributed by atoms with Crippen LogP contribution in [-0.2, 0) is 4.79 Å². The minimum absolute atomic E-state index is 0.0466. The van der Waals surface area contributed by atoms with Crippen LogP contribution in [-0.4, -0.2) is 47.8 Å². The van der Waals surface area contributed by atoms with Gasteiger partial charge in [-0.25, -0.2) is 9.97 Å². The molecule has 1 aliphatic heterocycles. The summed E-state index contributed by atoms with van der Waals surface area (Å²) in [7, 11) is 1.59. The van der Waals surface area contributed by atoms with Crippen LogP contribution < -0.4 is 15.0 Å². The third-order valence-corrected chi connectivity index (χ3v) is 4.59. The van der Waals surface area contributed by atoms with Crippen LogP contribution in [0.2, 0.25) is 0 Å². The van der Waals surface area contributed by atoms with E-state index < -0.39 is 5.41 Å². The first-order valence-electron chi connectivity index (χ1n) is 8.25. The molecule has 3 rings (SSSR count). The van der Waals surface area contributed by atoms with Crippen LogP contribution in [0.5, 0.6) is 5.75 Å². The zero-order valence-corrected chi connectivity index (χ0v) is 14.2. The van der Waals surface area contributed by atoms with E-state index in [1.807, 2.05) is 23.1 Å². The number of benzene rings is 1. The van der Waals surface area contributed by atoms with Gasteiger partial charge in [-0.2, -0.15) is 0 Å². The Kier molecular flexibility index (Phi) is 5.14. The molecule has 7 nitrogen and oxygen atoms in total. The minimum atomic E-state index is -0.670. The molecule has 25 heavy (non-hydrogen) atoms. The standard InChI is InChI=1S/C18H22N4O3/c1-25-15-5-2-4-14(12-15)21-16(24)18(7-11-23)6-10-22(13-18)17-19-8-3-9-20-17/h2-5,8-9,12,23H,6-7,10-11,13H2,1H3,(H,21,24). The number of carbonyl (C=O) groups is 1. The number of hydrogen-bond acceptors (Lipinski definition) is 6. The van der Waals surface area contributed by atoms with Crippen LogP contribution in [0.1, 0.15) is 12.8 Å². The van der Waals surface area contributed by atoms with E-state index in [-0.39, 0.29) is 12.5 Å². The van der Waals surface area contributed by atoms with Gasteiger partial charge in [0, 0.05) is 43.8 Å². The normalized spacial score (nSPS) is 19.7. The Bertz CT molecular complexity index is 725. The molecule has 1 aromatic heterocycles. The highest BCUT2D eigenvalue weighted by Crippen LogP contribution is 2.36. The van der Waals surface area contributed by atoms with Gasteiger partial charge >= 0.3 is 0 Å². The van der Waals surface area contributed by atoms with Crippen molar-refractivity contribution >= 4 is 17.5 Å². The number of amides is 1. The fraction of sp³-hybridized carbons (Fsp3) is 0.389. The van der Waals surface area contributed by atoms with E-state index in [2.05, 4.69) is 15.3 Å². The third-order valence-electron chi connectivity index (χ3n) is 4.59. The molecule has 1 atom stereocenters. The lowest BCUT2D eigenvalue weighted by molar-refractivity contribution is -0.125. The highest BCUT2D eigenvalue weighted by Gasteiger charge is 2.44. The Morgan fingerprint density at radius 1 is 1.36 bits per heavy atom. The number of methoxy groups -OCH3 is 1. The molecule has 1 fully saturated rings. The van der Waals surface area contributed by atoms with Crippen molar-refractivity contribution in [1.82, 2.24) is 9.97 Å². The Hall–Kier alpha value is -2.67. The number of anilines is 2. The second-order valence-corrected chi connectivity index (χ2v) is 6.16. The topological polar surface area (TPSA) is 87.6 Å². The van der Waals surface area contributed by atoms with Gasteiger partial charge in [0.1, 0.15) is 5.75 Å². The molecule has 0 radical (unpaired) electrons. The van der Waals surface area contributed by atoms with Crippen molar-refractivity contribution in [3.63, 3.8) is 0 Å². The molecule has 2 heterocycles. The number of aliphatic hydroxyl groups is 1. The number of carbonyl (C=O) groups excluding carboxylic acids is 1. The number of aliphatic hydroxyl groups excluding tert-OH is 1. The average Bonchev–Trinajstić information content (AvgIpc) is 3.08. The fourth-order valence-corrected chi connectivity index (χ4v) is 3.18. The quantitative estimate of drug-likeness (QED) is 0.831. The van der Waals surface area contributed by atoms with E-state index in [1.54, 1.807) is 31.6 Å². The maximum atomic E-state index is 13.0. The number of nitrogens with zero attached hydrogens (tertiary/aromatic N) is 3. The van der Waals surface area contributed by atoms with E-state index in [9.17, 15) is 9.90 Å². The Labute approximate surface area is 146 Å². The van der Waals surface area contributed by atoms with Crippen molar-refractivity contribution in [2.45, 2.75) is 12.8 Å². The molecule has 132 valence electrons. The number of aromatic nitrogens is 2. The van der Waals surface area contributed by atoms with Crippen molar-refractivity contribution in [1.29, 1.82) is 0 Å². The largest absolute Gasteiger partial charge is 0.497 e. The second kappa shape index (κ2) is 7.48. The first-order chi connectivity index (χ1) is 12.2. The maximum Gasteiger partial charge on any atom is 0.232 e. The van der Waals surface area contributed by atoms with Gasteiger partial charge in [0.2, 0.25) is 11.9 Å². The molecule has 7 heteroatoms. The summed E-state index contributed by atoms with van der Waals surface area (Å²) in [6.45, 7) is 1.11. The first-order valence-corrected chi connectivity index (χ1v) is 8.25. The molecule has 0 saturated carbocycles. The van der Waals surface area contributed by atoms with E-state index in [1.165, 1.54) is 0 Å². The molecule has 2 N–H and O–H groups in total. The minimum Gasteiger partial charge on any atom is -0.497 e.